The van der Waals surface area contributed by atoms with Crippen molar-refractivity contribution in [1.29, 1.82) is 0 Å². The molecule has 0 spiro atoms. The molecular weight excluding hydrogens is 398 g/mol. The van der Waals surface area contributed by atoms with Gasteiger partial charge in [0.2, 0.25) is 0 Å². The Morgan fingerprint density at radius 1 is 1.00 bits per heavy atom. The molecule has 4 nitrogen and oxygen atoms in total. The molecule has 0 bridgehead atoms. The van der Waals surface area contributed by atoms with Crippen LogP contribution < -0.4 is 4.74 Å². The predicted octanol–water partition coefficient (Wildman–Crippen LogP) is 6.59. The first-order valence-electron chi connectivity index (χ1n) is 12.1. The average Bonchev–Trinajstić information content (AvgIpc) is 2.78. The molecular formula is C28H39NO3. The lowest BCUT2D eigenvalue weighted by Crippen LogP contribution is -2.46. The molecule has 1 saturated heterocycles. The fraction of sp³-hybridized carbons (Fsp3) is 0.536. The van der Waals surface area contributed by atoms with Crippen LogP contribution in [0.3, 0.4) is 0 Å². The third kappa shape index (κ3) is 7.29. The molecule has 1 amide bonds. The van der Waals surface area contributed by atoms with E-state index >= 15 is 0 Å². The van der Waals surface area contributed by atoms with Crippen molar-refractivity contribution in [3.63, 3.8) is 0 Å². The minimum Gasteiger partial charge on any atom is -0.493 e. The summed E-state index contributed by atoms with van der Waals surface area (Å²) in [5.74, 6) is 0.956. The lowest BCUT2D eigenvalue weighted by molar-refractivity contribution is 0.00742. The molecule has 0 radical (unpaired) electrons. The number of nitrogens with zero attached hydrogens (tertiary/aromatic N) is 1. The Balaban J connectivity index is 1.54. The maximum atomic E-state index is 12.6. The van der Waals surface area contributed by atoms with Gasteiger partial charge in [0.05, 0.1) is 6.61 Å². The topological polar surface area (TPSA) is 38.8 Å². The van der Waals surface area contributed by atoms with E-state index in [4.69, 9.17) is 9.47 Å². The van der Waals surface area contributed by atoms with Gasteiger partial charge in [-0.05, 0) is 82.1 Å². The molecule has 2 aromatic rings. The number of carbonyl (C=O) groups is 1. The second-order valence-electron chi connectivity index (χ2n) is 9.74. The Morgan fingerprint density at radius 3 is 2.44 bits per heavy atom. The molecule has 3 rings (SSSR count). The summed E-state index contributed by atoms with van der Waals surface area (Å²) in [5.41, 5.74) is 3.50. The second-order valence-corrected chi connectivity index (χ2v) is 9.74. The Labute approximate surface area is 193 Å². The molecule has 0 saturated carbocycles. The van der Waals surface area contributed by atoms with Crippen molar-refractivity contribution >= 4 is 6.09 Å². The summed E-state index contributed by atoms with van der Waals surface area (Å²) in [6.45, 7) is 9.31. The normalized spacial score (nSPS) is 16.6. The highest BCUT2D eigenvalue weighted by Gasteiger charge is 2.30. The van der Waals surface area contributed by atoms with Crippen LogP contribution in [0.1, 0.15) is 70.1 Å². The number of rotatable bonds is 8. The summed E-state index contributed by atoms with van der Waals surface area (Å²) in [7, 11) is 0. The van der Waals surface area contributed by atoms with Crippen molar-refractivity contribution < 1.29 is 14.3 Å². The number of piperidine rings is 1. The fourth-order valence-corrected chi connectivity index (χ4v) is 4.24. The number of benzene rings is 2. The number of hydrogen-bond acceptors (Lipinski definition) is 3. The van der Waals surface area contributed by atoms with Crippen LogP contribution in [-0.2, 0) is 24.0 Å². The third-order valence-electron chi connectivity index (χ3n) is 6.05. The van der Waals surface area contributed by atoms with Crippen LogP contribution in [0.25, 0.3) is 0 Å². The maximum Gasteiger partial charge on any atom is 0.410 e. The number of hydrogen-bond donors (Lipinski definition) is 0. The summed E-state index contributed by atoms with van der Waals surface area (Å²) < 4.78 is 11.8. The number of para-hydroxylation sites is 1. The van der Waals surface area contributed by atoms with Crippen molar-refractivity contribution in [2.75, 3.05) is 13.2 Å². The molecule has 0 aromatic heterocycles. The summed E-state index contributed by atoms with van der Waals surface area (Å²) in [6, 6.07) is 17.4. The van der Waals surface area contributed by atoms with Gasteiger partial charge >= 0.3 is 6.09 Å². The number of carbonyl (C=O) groups excluding carboxylic acids is 1. The highest BCUT2D eigenvalue weighted by Crippen LogP contribution is 2.25. The molecule has 0 N–H and O–H groups in total. The predicted molar refractivity (Wildman–Crippen MR) is 130 cm³/mol. The first-order valence-corrected chi connectivity index (χ1v) is 12.1. The van der Waals surface area contributed by atoms with Crippen molar-refractivity contribution in [3.05, 3.63) is 65.2 Å². The molecule has 2 aromatic carbocycles. The Bertz CT molecular complexity index is 854. The van der Waals surface area contributed by atoms with Crippen molar-refractivity contribution in [2.24, 2.45) is 0 Å². The molecule has 1 unspecified atom stereocenters. The van der Waals surface area contributed by atoms with Crippen LogP contribution >= 0.6 is 0 Å². The quantitative estimate of drug-likeness (QED) is 0.467. The zero-order chi connectivity index (χ0) is 23.0. The first-order chi connectivity index (χ1) is 15.4. The number of ether oxygens (including phenoxy) is 2. The molecule has 1 heterocycles. The zero-order valence-electron chi connectivity index (χ0n) is 20.2. The monoisotopic (exact) mass is 437 g/mol. The van der Waals surface area contributed by atoms with Gasteiger partial charge in [-0.3, -0.25) is 0 Å². The summed E-state index contributed by atoms with van der Waals surface area (Å²) >= 11 is 0. The SMILES string of the molecule is CCc1ccc(CCc2ccccc2OCCC2CCCCN2C(=O)OC(C)(C)C)cc1. The first kappa shape index (κ1) is 24.2. The number of likely N-dealkylation sites (tertiary alicyclic amines) is 1. The van der Waals surface area contributed by atoms with Crippen LogP contribution in [0.4, 0.5) is 4.79 Å². The Kier molecular flexibility index (Phi) is 8.60. The van der Waals surface area contributed by atoms with Gasteiger partial charge in [0, 0.05) is 19.0 Å². The Morgan fingerprint density at radius 2 is 1.72 bits per heavy atom. The minimum absolute atomic E-state index is 0.183. The van der Waals surface area contributed by atoms with Crippen molar-refractivity contribution in [3.8, 4) is 5.75 Å². The third-order valence-corrected chi connectivity index (χ3v) is 6.05. The molecule has 4 heteroatoms. The summed E-state index contributed by atoms with van der Waals surface area (Å²) in [6.07, 6.45) is 6.86. The lowest BCUT2D eigenvalue weighted by Gasteiger charge is -2.36. The van der Waals surface area contributed by atoms with Crippen LogP contribution in [0.2, 0.25) is 0 Å². The fourth-order valence-electron chi connectivity index (χ4n) is 4.24. The molecule has 1 atom stereocenters. The van der Waals surface area contributed by atoms with Crippen LogP contribution in [-0.4, -0.2) is 35.8 Å². The smallest absolute Gasteiger partial charge is 0.410 e. The van der Waals surface area contributed by atoms with E-state index in [2.05, 4.69) is 49.4 Å². The van der Waals surface area contributed by atoms with E-state index in [-0.39, 0.29) is 12.1 Å². The number of aryl methyl sites for hydroxylation is 3. The molecule has 1 aliphatic rings. The van der Waals surface area contributed by atoms with E-state index in [0.29, 0.717) is 6.61 Å². The van der Waals surface area contributed by atoms with Gasteiger partial charge in [-0.2, -0.15) is 0 Å². The molecule has 1 fully saturated rings. The lowest BCUT2D eigenvalue weighted by atomic mass is 10.00. The summed E-state index contributed by atoms with van der Waals surface area (Å²) in [4.78, 5) is 14.5. The summed E-state index contributed by atoms with van der Waals surface area (Å²) in [5, 5.41) is 0. The van der Waals surface area contributed by atoms with Gasteiger partial charge in [-0.25, -0.2) is 4.79 Å². The van der Waals surface area contributed by atoms with Gasteiger partial charge in [-0.1, -0.05) is 49.4 Å². The number of amides is 1. The molecule has 1 aliphatic heterocycles. The van der Waals surface area contributed by atoms with Gasteiger partial charge in [0.15, 0.2) is 0 Å². The van der Waals surface area contributed by atoms with E-state index < -0.39 is 5.60 Å². The van der Waals surface area contributed by atoms with Gasteiger partial charge in [-0.15, -0.1) is 0 Å². The highest BCUT2D eigenvalue weighted by molar-refractivity contribution is 5.68. The van der Waals surface area contributed by atoms with Crippen molar-refractivity contribution in [1.82, 2.24) is 4.90 Å². The van der Waals surface area contributed by atoms with Gasteiger partial charge in [0.1, 0.15) is 11.4 Å². The standard InChI is InChI=1S/C28H39NO3/c1-5-22-13-15-23(16-14-22)17-18-24-10-6-7-12-26(24)31-21-19-25-11-8-9-20-29(25)27(30)32-28(2,3)4/h6-7,10,12-16,25H,5,8-9,11,17-21H2,1-4H3. The van der Waals surface area contributed by atoms with Crippen LogP contribution in [0.15, 0.2) is 48.5 Å². The highest BCUT2D eigenvalue weighted by atomic mass is 16.6. The van der Waals surface area contributed by atoms with E-state index in [0.717, 1.165) is 57.2 Å². The second kappa shape index (κ2) is 11.4. The van der Waals surface area contributed by atoms with E-state index in [1.807, 2.05) is 31.7 Å². The molecule has 174 valence electrons. The van der Waals surface area contributed by atoms with Crippen molar-refractivity contribution in [2.45, 2.75) is 84.3 Å². The zero-order valence-corrected chi connectivity index (χ0v) is 20.2. The van der Waals surface area contributed by atoms with E-state index in [9.17, 15) is 4.79 Å². The van der Waals surface area contributed by atoms with Crippen LogP contribution in [0.5, 0.6) is 5.75 Å². The molecule has 0 aliphatic carbocycles. The average molecular weight is 438 g/mol. The van der Waals surface area contributed by atoms with E-state index in [1.165, 1.54) is 16.7 Å². The molecule has 32 heavy (non-hydrogen) atoms. The maximum absolute atomic E-state index is 12.6. The Hall–Kier alpha value is -2.49. The van der Waals surface area contributed by atoms with Gasteiger partial charge in [0.25, 0.3) is 0 Å². The van der Waals surface area contributed by atoms with E-state index in [1.54, 1.807) is 0 Å². The van der Waals surface area contributed by atoms with Crippen LogP contribution in [0, 0.1) is 0 Å². The van der Waals surface area contributed by atoms with Gasteiger partial charge < -0.3 is 14.4 Å². The minimum atomic E-state index is -0.467. The largest absolute Gasteiger partial charge is 0.493 e.